The molecule has 0 radical (unpaired) electrons. The number of nitrogens with zero attached hydrogens (tertiary/aromatic N) is 2. The van der Waals surface area contributed by atoms with Gasteiger partial charge in [-0.1, -0.05) is 30.3 Å². The van der Waals surface area contributed by atoms with Crippen molar-refractivity contribution in [3.8, 4) is 11.5 Å². The van der Waals surface area contributed by atoms with E-state index in [9.17, 15) is 4.79 Å². The van der Waals surface area contributed by atoms with Crippen molar-refractivity contribution in [1.29, 1.82) is 0 Å². The minimum atomic E-state index is 0.0339. The standard InChI is InChI=1S/C25H29N3O3/c1-30-23-8-10-24(11-9-23)31-17-16-27-12-14-28(15-13-27)19-25(29)26-22-7-6-20-4-2-3-5-21(20)18-22/h2-11,18H,12-17,19H2,1H3,(H,26,29). The van der Waals surface area contributed by atoms with Crippen molar-refractivity contribution < 1.29 is 14.3 Å². The maximum Gasteiger partial charge on any atom is 0.238 e. The summed E-state index contributed by atoms with van der Waals surface area (Å²) in [6.07, 6.45) is 0. The van der Waals surface area contributed by atoms with E-state index in [1.54, 1.807) is 7.11 Å². The second-order valence-corrected chi connectivity index (χ2v) is 7.75. The van der Waals surface area contributed by atoms with Crippen molar-refractivity contribution in [3.63, 3.8) is 0 Å². The van der Waals surface area contributed by atoms with Gasteiger partial charge in [-0.15, -0.1) is 0 Å². The van der Waals surface area contributed by atoms with Crippen LogP contribution in [0.5, 0.6) is 11.5 Å². The van der Waals surface area contributed by atoms with Crippen LogP contribution in [0, 0.1) is 0 Å². The summed E-state index contributed by atoms with van der Waals surface area (Å²) in [4.78, 5) is 17.1. The Morgan fingerprint density at radius 1 is 0.871 bits per heavy atom. The average Bonchev–Trinajstić information content (AvgIpc) is 2.80. The first-order valence-electron chi connectivity index (χ1n) is 10.7. The fraction of sp³-hybridized carbons (Fsp3) is 0.320. The fourth-order valence-electron chi connectivity index (χ4n) is 3.81. The van der Waals surface area contributed by atoms with Gasteiger partial charge in [0.25, 0.3) is 0 Å². The van der Waals surface area contributed by atoms with Crippen LogP contribution in [0.1, 0.15) is 0 Å². The minimum absolute atomic E-state index is 0.0339. The summed E-state index contributed by atoms with van der Waals surface area (Å²) in [5, 5.41) is 5.33. The molecule has 4 rings (SSSR count). The zero-order valence-corrected chi connectivity index (χ0v) is 17.9. The Balaban J connectivity index is 1.16. The molecule has 162 valence electrons. The molecule has 0 aromatic heterocycles. The lowest BCUT2D eigenvalue weighted by molar-refractivity contribution is -0.117. The Hall–Kier alpha value is -3.09. The molecule has 1 saturated heterocycles. The van der Waals surface area contributed by atoms with Gasteiger partial charge in [-0.2, -0.15) is 0 Å². The molecule has 0 atom stereocenters. The molecule has 3 aromatic carbocycles. The zero-order chi connectivity index (χ0) is 21.5. The molecular formula is C25H29N3O3. The number of anilines is 1. The van der Waals surface area contributed by atoms with E-state index in [-0.39, 0.29) is 5.91 Å². The van der Waals surface area contributed by atoms with Crippen LogP contribution in [0.3, 0.4) is 0 Å². The van der Waals surface area contributed by atoms with E-state index < -0.39 is 0 Å². The monoisotopic (exact) mass is 419 g/mol. The number of piperazine rings is 1. The first-order valence-corrected chi connectivity index (χ1v) is 10.7. The molecule has 1 aliphatic rings. The van der Waals surface area contributed by atoms with E-state index in [0.29, 0.717) is 13.2 Å². The number of carbonyl (C=O) groups excluding carboxylic acids is 1. The van der Waals surface area contributed by atoms with E-state index in [4.69, 9.17) is 9.47 Å². The predicted molar refractivity (Wildman–Crippen MR) is 124 cm³/mol. The highest BCUT2D eigenvalue weighted by molar-refractivity contribution is 5.95. The Bertz CT molecular complexity index is 998. The number of benzene rings is 3. The predicted octanol–water partition coefficient (Wildman–Crippen LogP) is 3.48. The highest BCUT2D eigenvalue weighted by Gasteiger charge is 2.19. The van der Waals surface area contributed by atoms with Crippen molar-refractivity contribution >= 4 is 22.4 Å². The van der Waals surface area contributed by atoms with Crippen LogP contribution in [0.4, 0.5) is 5.69 Å². The van der Waals surface area contributed by atoms with Gasteiger partial charge in [0, 0.05) is 38.4 Å². The van der Waals surface area contributed by atoms with E-state index in [1.165, 1.54) is 5.39 Å². The van der Waals surface area contributed by atoms with Crippen LogP contribution in [0.15, 0.2) is 66.7 Å². The highest BCUT2D eigenvalue weighted by Crippen LogP contribution is 2.19. The molecule has 1 fully saturated rings. The van der Waals surface area contributed by atoms with Gasteiger partial charge in [-0.3, -0.25) is 14.6 Å². The Labute approximate surface area is 183 Å². The molecule has 31 heavy (non-hydrogen) atoms. The van der Waals surface area contributed by atoms with E-state index in [0.717, 1.165) is 55.3 Å². The lowest BCUT2D eigenvalue weighted by Gasteiger charge is -2.34. The molecule has 0 aliphatic carbocycles. The Morgan fingerprint density at radius 2 is 1.55 bits per heavy atom. The third kappa shape index (κ3) is 5.96. The summed E-state index contributed by atoms with van der Waals surface area (Å²) in [5.74, 6) is 1.71. The van der Waals surface area contributed by atoms with Gasteiger partial charge in [0.15, 0.2) is 0 Å². The topological polar surface area (TPSA) is 54.0 Å². The molecule has 3 aromatic rings. The minimum Gasteiger partial charge on any atom is -0.497 e. The van der Waals surface area contributed by atoms with Crippen molar-refractivity contribution in [2.75, 3.05) is 58.3 Å². The molecule has 0 bridgehead atoms. The summed E-state index contributed by atoms with van der Waals surface area (Å²) in [6, 6.07) is 21.8. The van der Waals surface area contributed by atoms with E-state index >= 15 is 0 Å². The van der Waals surface area contributed by atoms with Gasteiger partial charge < -0.3 is 14.8 Å². The third-order valence-electron chi connectivity index (χ3n) is 5.60. The number of nitrogens with one attached hydrogen (secondary N) is 1. The number of fused-ring (bicyclic) bond motifs is 1. The van der Waals surface area contributed by atoms with Crippen LogP contribution in [0.2, 0.25) is 0 Å². The number of carbonyl (C=O) groups is 1. The third-order valence-corrected chi connectivity index (χ3v) is 5.60. The molecule has 1 aliphatic heterocycles. The number of methoxy groups -OCH3 is 1. The summed E-state index contributed by atoms with van der Waals surface area (Å²) in [5.41, 5.74) is 0.845. The van der Waals surface area contributed by atoms with Gasteiger partial charge in [-0.25, -0.2) is 0 Å². The van der Waals surface area contributed by atoms with Crippen molar-refractivity contribution in [2.24, 2.45) is 0 Å². The maximum absolute atomic E-state index is 12.5. The molecule has 6 heteroatoms. The summed E-state index contributed by atoms with van der Waals surface area (Å²) < 4.78 is 11.0. The van der Waals surface area contributed by atoms with Gasteiger partial charge in [0.1, 0.15) is 18.1 Å². The molecule has 1 amide bonds. The molecule has 1 heterocycles. The second kappa shape index (κ2) is 10.3. The SMILES string of the molecule is COc1ccc(OCCN2CCN(CC(=O)Nc3ccc4ccccc4c3)CC2)cc1. The van der Waals surface area contributed by atoms with Gasteiger partial charge in [-0.05, 0) is 47.2 Å². The van der Waals surface area contributed by atoms with Crippen molar-refractivity contribution in [3.05, 3.63) is 66.7 Å². The zero-order valence-electron chi connectivity index (χ0n) is 17.9. The van der Waals surface area contributed by atoms with Crippen molar-refractivity contribution in [2.45, 2.75) is 0 Å². The average molecular weight is 420 g/mol. The second-order valence-electron chi connectivity index (χ2n) is 7.75. The molecule has 0 unspecified atom stereocenters. The molecule has 0 spiro atoms. The highest BCUT2D eigenvalue weighted by atomic mass is 16.5. The van der Waals surface area contributed by atoms with Crippen LogP contribution in [-0.2, 0) is 4.79 Å². The molecule has 0 saturated carbocycles. The first kappa shape index (κ1) is 21.2. The fourth-order valence-corrected chi connectivity index (χ4v) is 3.81. The Morgan fingerprint density at radius 3 is 2.29 bits per heavy atom. The first-order chi connectivity index (χ1) is 15.2. The van der Waals surface area contributed by atoms with E-state index in [2.05, 4.69) is 27.2 Å². The lowest BCUT2D eigenvalue weighted by Crippen LogP contribution is -2.49. The number of hydrogen-bond acceptors (Lipinski definition) is 5. The lowest BCUT2D eigenvalue weighted by atomic mass is 10.1. The maximum atomic E-state index is 12.5. The summed E-state index contributed by atoms with van der Waals surface area (Å²) >= 11 is 0. The molecular weight excluding hydrogens is 390 g/mol. The summed E-state index contributed by atoms with van der Waals surface area (Å²) in [7, 11) is 1.66. The number of amides is 1. The number of rotatable bonds is 8. The van der Waals surface area contributed by atoms with Crippen molar-refractivity contribution in [1.82, 2.24) is 9.80 Å². The number of ether oxygens (including phenoxy) is 2. The quantitative estimate of drug-likeness (QED) is 0.606. The summed E-state index contributed by atoms with van der Waals surface area (Å²) in [6.45, 7) is 5.59. The largest absolute Gasteiger partial charge is 0.497 e. The smallest absolute Gasteiger partial charge is 0.238 e. The molecule has 6 nitrogen and oxygen atoms in total. The van der Waals surface area contributed by atoms with Gasteiger partial charge >= 0.3 is 0 Å². The van der Waals surface area contributed by atoms with Gasteiger partial charge in [0.05, 0.1) is 13.7 Å². The van der Waals surface area contributed by atoms with E-state index in [1.807, 2.05) is 54.6 Å². The normalized spacial score (nSPS) is 15.0. The number of hydrogen-bond donors (Lipinski definition) is 1. The van der Waals surface area contributed by atoms with Gasteiger partial charge in [0.2, 0.25) is 5.91 Å². The van der Waals surface area contributed by atoms with Crippen LogP contribution < -0.4 is 14.8 Å². The van der Waals surface area contributed by atoms with Crippen LogP contribution in [-0.4, -0.2) is 68.7 Å². The van der Waals surface area contributed by atoms with Crippen LogP contribution >= 0.6 is 0 Å². The Kier molecular flexibility index (Phi) is 7.02. The molecule has 1 N–H and O–H groups in total. The van der Waals surface area contributed by atoms with Crippen LogP contribution in [0.25, 0.3) is 10.8 Å².